The summed E-state index contributed by atoms with van der Waals surface area (Å²) in [6, 6.07) is 3.51. The minimum absolute atomic E-state index is 0.0211. The highest BCUT2D eigenvalue weighted by molar-refractivity contribution is 5.91. The Morgan fingerprint density at radius 3 is 2.58 bits per heavy atom. The number of nitrogen functional groups attached to an aromatic ring is 1. The molecule has 0 aliphatic carbocycles. The average Bonchev–Trinajstić information content (AvgIpc) is 2.60. The average molecular weight is 334 g/mol. The van der Waals surface area contributed by atoms with Gasteiger partial charge in [0.25, 0.3) is 0 Å². The van der Waals surface area contributed by atoms with Crippen molar-refractivity contribution in [3.05, 3.63) is 12.1 Å². The first-order valence-corrected chi connectivity index (χ1v) is 7.80. The van der Waals surface area contributed by atoms with E-state index in [9.17, 15) is 10.2 Å². The number of anilines is 2. The summed E-state index contributed by atoms with van der Waals surface area (Å²) in [5.74, 6) is 1.82. The van der Waals surface area contributed by atoms with E-state index in [4.69, 9.17) is 15.2 Å². The Kier molecular flexibility index (Phi) is 4.59. The van der Waals surface area contributed by atoms with Crippen molar-refractivity contribution in [2.45, 2.75) is 12.5 Å². The fourth-order valence-corrected chi connectivity index (χ4v) is 2.98. The summed E-state index contributed by atoms with van der Waals surface area (Å²) in [6.45, 7) is 0.997. The molecule has 0 radical (unpaired) electrons. The summed E-state index contributed by atoms with van der Waals surface area (Å²) < 4.78 is 10.6. The van der Waals surface area contributed by atoms with Crippen LogP contribution < -0.4 is 20.1 Å². The molecule has 0 bridgehead atoms. The van der Waals surface area contributed by atoms with Gasteiger partial charge in [0.1, 0.15) is 5.82 Å². The monoisotopic (exact) mass is 334 g/mol. The van der Waals surface area contributed by atoms with E-state index in [1.807, 2.05) is 4.90 Å². The molecule has 1 aliphatic heterocycles. The number of aliphatic hydroxyl groups is 2. The van der Waals surface area contributed by atoms with E-state index >= 15 is 0 Å². The van der Waals surface area contributed by atoms with Crippen LogP contribution in [0.4, 0.5) is 11.8 Å². The molecule has 4 N–H and O–H groups in total. The topological polar surface area (TPSA) is 114 Å². The van der Waals surface area contributed by atoms with Crippen molar-refractivity contribution < 1.29 is 19.7 Å². The third-order valence-corrected chi connectivity index (χ3v) is 4.46. The largest absolute Gasteiger partial charge is 0.493 e. The number of methoxy groups -OCH3 is 2. The minimum atomic E-state index is -0.616. The number of nitrogens with zero attached hydrogens (tertiary/aromatic N) is 3. The Balaban J connectivity index is 1.98. The van der Waals surface area contributed by atoms with Crippen LogP contribution in [0.2, 0.25) is 0 Å². The normalized spacial score (nSPS) is 21.1. The van der Waals surface area contributed by atoms with E-state index in [1.165, 1.54) is 0 Å². The zero-order chi connectivity index (χ0) is 17.3. The second kappa shape index (κ2) is 6.66. The number of fused-ring (bicyclic) bond motifs is 1. The van der Waals surface area contributed by atoms with Gasteiger partial charge in [-0.2, -0.15) is 4.98 Å². The smallest absolute Gasteiger partial charge is 0.227 e. The molecule has 1 aliphatic rings. The van der Waals surface area contributed by atoms with Gasteiger partial charge in [-0.3, -0.25) is 0 Å². The maximum atomic E-state index is 10.1. The van der Waals surface area contributed by atoms with Crippen LogP contribution >= 0.6 is 0 Å². The van der Waals surface area contributed by atoms with E-state index in [2.05, 4.69) is 9.97 Å². The maximum absolute atomic E-state index is 10.1. The summed E-state index contributed by atoms with van der Waals surface area (Å²) in [4.78, 5) is 10.8. The van der Waals surface area contributed by atoms with Crippen molar-refractivity contribution in [3.8, 4) is 11.5 Å². The highest BCUT2D eigenvalue weighted by Gasteiger charge is 2.28. The van der Waals surface area contributed by atoms with Crippen LogP contribution in [0.1, 0.15) is 6.42 Å². The highest BCUT2D eigenvalue weighted by atomic mass is 16.5. The van der Waals surface area contributed by atoms with Crippen LogP contribution in [-0.2, 0) is 0 Å². The summed E-state index contributed by atoms with van der Waals surface area (Å²) in [7, 11) is 3.12. The van der Waals surface area contributed by atoms with Gasteiger partial charge in [0.2, 0.25) is 5.95 Å². The number of aliphatic hydroxyl groups excluding tert-OH is 2. The van der Waals surface area contributed by atoms with E-state index in [0.717, 1.165) is 0 Å². The summed E-state index contributed by atoms with van der Waals surface area (Å²) >= 11 is 0. The molecule has 1 saturated heterocycles. The van der Waals surface area contributed by atoms with E-state index < -0.39 is 6.10 Å². The number of hydrogen-bond donors (Lipinski definition) is 3. The zero-order valence-electron chi connectivity index (χ0n) is 13.8. The van der Waals surface area contributed by atoms with Gasteiger partial charge in [-0.25, -0.2) is 4.98 Å². The van der Waals surface area contributed by atoms with E-state index in [-0.39, 0.29) is 12.5 Å². The lowest BCUT2D eigenvalue weighted by molar-refractivity contribution is 0.0544. The van der Waals surface area contributed by atoms with E-state index in [1.54, 1.807) is 26.4 Å². The summed E-state index contributed by atoms with van der Waals surface area (Å²) in [5.41, 5.74) is 6.74. The number of rotatable bonds is 4. The van der Waals surface area contributed by atoms with Crippen molar-refractivity contribution >= 4 is 22.7 Å². The Bertz CT molecular complexity index is 740. The number of benzene rings is 1. The SMILES string of the molecule is COc1cc2nc(N3CC[C@H](CO)[C@H](O)C3)nc(N)c2cc1OC. The van der Waals surface area contributed by atoms with Gasteiger partial charge in [-0.1, -0.05) is 0 Å². The first kappa shape index (κ1) is 16.5. The highest BCUT2D eigenvalue weighted by Crippen LogP contribution is 2.34. The molecule has 3 rings (SSSR count). The molecule has 1 aromatic heterocycles. The minimum Gasteiger partial charge on any atom is -0.493 e. The molecule has 2 heterocycles. The lowest BCUT2D eigenvalue weighted by Gasteiger charge is -2.35. The van der Waals surface area contributed by atoms with Crippen molar-refractivity contribution in [2.75, 3.05) is 44.5 Å². The van der Waals surface area contributed by atoms with Crippen LogP contribution in [0.15, 0.2) is 12.1 Å². The predicted molar refractivity (Wildman–Crippen MR) is 90.5 cm³/mol. The van der Waals surface area contributed by atoms with Gasteiger partial charge in [0, 0.05) is 37.1 Å². The molecule has 8 heteroatoms. The van der Waals surface area contributed by atoms with Crippen LogP contribution in [0.3, 0.4) is 0 Å². The molecular formula is C16H22N4O4. The first-order valence-electron chi connectivity index (χ1n) is 7.80. The van der Waals surface area contributed by atoms with Crippen LogP contribution in [0, 0.1) is 5.92 Å². The Morgan fingerprint density at radius 1 is 1.25 bits per heavy atom. The third-order valence-electron chi connectivity index (χ3n) is 4.46. The number of piperidine rings is 1. The third kappa shape index (κ3) is 2.90. The second-order valence-electron chi connectivity index (χ2n) is 5.88. The van der Waals surface area contributed by atoms with Crippen LogP contribution in [0.5, 0.6) is 11.5 Å². The van der Waals surface area contributed by atoms with Crippen molar-refractivity contribution in [3.63, 3.8) is 0 Å². The summed E-state index contributed by atoms with van der Waals surface area (Å²) in [6.07, 6.45) is 0.0555. The molecule has 1 aromatic carbocycles. The van der Waals surface area contributed by atoms with Crippen molar-refractivity contribution in [2.24, 2.45) is 5.92 Å². The quantitative estimate of drug-likeness (QED) is 0.736. The molecule has 24 heavy (non-hydrogen) atoms. The van der Waals surface area contributed by atoms with Gasteiger partial charge in [0.15, 0.2) is 11.5 Å². The van der Waals surface area contributed by atoms with Crippen molar-refractivity contribution in [1.82, 2.24) is 9.97 Å². The lowest BCUT2D eigenvalue weighted by atomic mass is 9.95. The number of nitrogens with two attached hydrogens (primary N) is 1. The fraction of sp³-hybridized carbons (Fsp3) is 0.500. The molecule has 2 aromatic rings. The Morgan fingerprint density at radius 2 is 1.96 bits per heavy atom. The number of ether oxygens (including phenoxy) is 2. The Hall–Kier alpha value is -2.32. The second-order valence-corrected chi connectivity index (χ2v) is 5.88. The van der Waals surface area contributed by atoms with Crippen LogP contribution in [0.25, 0.3) is 10.9 Å². The molecule has 0 spiro atoms. The molecule has 0 amide bonds. The van der Waals surface area contributed by atoms with Gasteiger partial charge in [-0.05, 0) is 12.5 Å². The molecule has 8 nitrogen and oxygen atoms in total. The predicted octanol–water partition coefficient (Wildman–Crippen LogP) is 0.409. The van der Waals surface area contributed by atoms with Gasteiger partial charge in [0.05, 0.1) is 25.8 Å². The number of β-amino-alcohol motifs (C(OH)–C–C–N with tert-alkyl or cyclic N) is 1. The van der Waals surface area contributed by atoms with Gasteiger partial charge < -0.3 is 30.3 Å². The first-order chi connectivity index (χ1) is 11.6. The number of aromatic nitrogens is 2. The zero-order valence-corrected chi connectivity index (χ0v) is 13.8. The molecule has 0 saturated carbocycles. The number of hydrogen-bond acceptors (Lipinski definition) is 8. The van der Waals surface area contributed by atoms with Gasteiger partial charge >= 0.3 is 0 Å². The summed E-state index contributed by atoms with van der Waals surface area (Å²) in [5, 5.41) is 20.0. The van der Waals surface area contributed by atoms with Crippen LogP contribution in [-0.4, -0.2) is 60.2 Å². The van der Waals surface area contributed by atoms with Crippen molar-refractivity contribution in [1.29, 1.82) is 0 Å². The molecule has 0 unspecified atom stereocenters. The molecular weight excluding hydrogens is 312 g/mol. The maximum Gasteiger partial charge on any atom is 0.227 e. The lowest BCUT2D eigenvalue weighted by Crippen LogP contribution is -2.45. The fourth-order valence-electron chi connectivity index (χ4n) is 2.98. The van der Waals surface area contributed by atoms with E-state index in [0.29, 0.717) is 53.7 Å². The Labute approximate surface area is 139 Å². The van der Waals surface area contributed by atoms with Gasteiger partial charge in [-0.15, -0.1) is 0 Å². The standard InChI is InChI=1S/C16H22N4O4/c1-23-13-5-10-11(6-14(13)24-2)18-16(19-15(10)17)20-4-3-9(8-21)12(22)7-20/h5-6,9,12,21-22H,3-4,7-8H2,1-2H3,(H2,17,18,19)/t9-,12-/m1/s1. The molecule has 130 valence electrons. The molecule has 2 atom stereocenters. The molecule has 1 fully saturated rings.